The van der Waals surface area contributed by atoms with E-state index in [2.05, 4.69) is 0 Å². The number of nitro benzene ring substituents is 2. The van der Waals surface area contributed by atoms with E-state index in [9.17, 15) is 20.2 Å². The first-order valence-electron chi connectivity index (χ1n) is 7.24. The number of non-ortho nitro benzene ring substituents is 2. The van der Waals surface area contributed by atoms with Gasteiger partial charge in [-0.25, -0.2) is 0 Å². The third-order valence-electron chi connectivity index (χ3n) is 3.68. The van der Waals surface area contributed by atoms with Crippen molar-refractivity contribution in [2.24, 2.45) is 0 Å². The Morgan fingerprint density at radius 3 is 1.48 bits per heavy atom. The SMILES string of the molecule is O=[N+]([O-])c1cccc(-c2cc(Cl)cc(-c3cccc([N+](=O)[O-])c3)c2)c1. The number of hydrogen-bond donors (Lipinski definition) is 0. The average molecular weight is 355 g/mol. The molecule has 25 heavy (non-hydrogen) atoms. The van der Waals surface area contributed by atoms with Crippen LogP contribution in [-0.4, -0.2) is 9.85 Å². The number of hydrogen-bond acceptors (Lipinski definition) is 4. The van der Waals surface area contributed by atoms with Crippen molar-refractivity contribution in [3.63, 3.8) is 0 Å². The molecule has 0 heterocycles. The van der Waals surface area contributed by atoms with E-state index in [0.29, 0.717) is 27.3 Å². The van der Waals surface area contributed by atoms with Crippen LogP contribution in [0.4, 0.5) is 11.4 Å². The highest BCUT2D eigenvalue weighted by molar-refractivity contribution is 6.31. The normalized spacial score (nSPS) is 10.4. The van der Waals surface area contributed by atoms with Crippen molar-refractivity contribution in [3.05, 3.63) is 92.0 Å². The maximum atomic E-state index is 11.0. The van der Waals surface area contributed by atoms with Gasteiger partial charge in [-0.1, -0.05) is 35.9 Å². The van der Waals surface area contributed by atoms with E-state index in [1.54, 1.807) is 42.5 Å². The molecule has 0 aromatic heterocycles. The highest BCUT2D eigenvalue weighted by Crippen LogP contribution is 2.32. The molecule has 124 valence electrons. The van der Waals surface area contributed by atoms with Gasteiger partial charge in [0.05, 0.1) is 9.85 Å². The summed E-state index contributed by atoms with van der Waals surface area (Å²) in [5.41, 5.74) is 2.63. The minimum absolute atomic E-state index is 0.0191. The Bertz CT molecular complexity index is 913. The molecular weight excluding hydrogens is 344 g/mol. The first kappa shape index (κ1) is 16.6. The molecule has 0 aliphatic carbocycles. The lowest BCUT2D eigenvalue weighted by atomic mass is 9.98. The van der Waals surface area contributed by atoms with Gasteiger partial charge in [-0.15, -0.1) is 0 Å². The second kappa shape index (κ2) is 6.70. The maximum Gasteiger partial charge on any atom is 0.270 e. The molecule has 3 rings (SSSR count). The Kier molecular flexibility index (Phi) is 4.45. The van der Waals surface area contributed by atoms with Gasteiger partial charge >= 0.3 is 0 Å². The molecule has 3 aromatic rings. The van der Waals surface area contributed by atoms with Crippen LogP contribution in [0.25, 0.3) is 22.3 Å². The smallest absolute Gasteiger partial charge is 0.258 e. The van der Waals surface area contributed by atoms with Crippen molar-refractivity contribution in [3.8, 4) is 22.3 Å². The second-order valence-corrected chi connectivity index (χ2v) is 5.78. The number of benzene rings is 3. The summed E-state index contributed by atoms with van der Waals surface area (Å²) in [6, 6.07) is 17.6. The predicted octanol–water partition coefficient (Wildman–Crippen LogP) is 5.49. The van der Waals surface area contributed by atoms with E-state index in [1.165, 1.54) is 24.3 Å². The van der Waals surface area contributed by atoms with Crippen LogP contribution in [-0.2, 0) is 0 Å². The number of nitro groups is 2. The van der Waals surface area contributed by atoms with Gasteiger partial charge in [-0.2, -0.15) is 0 Å². The Labute approximate surface area is 147 Å². The topological polar surface area (TPSA) is 86.3 Å². The summed E-state index contributed by atoms with van der Waals surface area (Å²) in [6.45, 7) is 0. The molecule has 3 aromatic carbocycles. The molecule has 0 bridgehead atoms. The molecule has 0 saturated heterocycles. The summed E-state index contributed by atoms with van der Waals surface area (Å²) in [4.78, 5) is 21.0. The Morgan fingerprint density at radius 1 is 0.640 bits per heavy atom. The van der Waals surface area contributed by atoms with E-state index >= 15 is 0 Å². The Balaban J connectivity index is 2.10. The van der Waals surface area contributed by atoms with E-state index in [1.807, 2.05) is 0 Å². The molecule has 0 amide bonds. The zero-order valence-corrected chi connectivity index (χ0v) is 13.5. The summed E-state index contributed by atoms with van der Waals surface area (Å²) in [7, 11) is 0. The van der Waals surface area contributed by atoms with Crippen LogP contribution in [0.2, 0.25) is 5.02 Å². The number of rotatable bonds is 4. The van der Waals surface area contributed by atoms with Crippen LogP contribution in [0.5, 0.6) is 0 Å². The summed E-state index contributed by atoms with van der Waals surface area (Å²) >= 11 is 6.19. The van der Waals surface area contributed by atoms with Crippen LogP contribution in [0.1, 0.15) is 0 Å². The quantitative estimate of drug-likeness (QED) is 0.457. The van der Waals surface area contributed by atoms with Gasteiger partial charge in [0.2, 0.25) is 0 Å². The van der Waals surface area contributed by atoms with Gasteiger partial charge in [0, 0.05) is 29.3 Å². The first-order chi connectivity index (χ1) is 11.9. The van der Waals surface area contributed by atoms with Crippen molar-refractivity contribution in [1.82, 2.24) is 0 Å². The van der Waals surface area contributed by atoms with E-state index in [0.717, 1.165) is 0 Å². The molecule has 0 unspecified atom stereocenters. The van der Waals surface area contributed by atoms with E-state index in [-0.39, 0.29) is 11.4 Å². The molecule has 0 spiro atoms. The molecule has 0 aliphatic heterocycles. The van der Waals surface area contributed by atoms with E-state index in [4.69, 9.17) is 11.6 Å². The maximum absolute atomic E-state index is 11.0. The van der Waals surface area contributed by atoms with Crippen LogP contribution in [0.3, 0.4) is 0 Å². The fraction of sp³-hybridized carbons (Fsp3) is 0. The van der Waals surface area contributed by atoms with Gasteiger partial charge in [-0.05, 0) is 40.5 Å². The summed E-state index contributed by atoms with van der Waals surface area (Å²) in [5.74, 6) is 0. The molecule has 0 saturated carbocycles. The highest BCUT2D eigenvalue weighted by Gasteiger charge is 2.11. The largest absolute Gasteiger partial charge is 0.270 e. The predicted molar refractivity (Wildman–Crippen MR) is 95.6 cm³/mol. The van der Waals surface area contributed by atoms with Gasteiger partial charge in [0.25, 0.3) is 11.4 Å². The lowest BCUT2D eigenvalue weighted by molar-refractivity contribution is -0.385. The zero-order valence-electron chi connectivity index (χ0n) is 12.8. The number of halogens is 1. The molecule has 0 radical (unpaired) electrons. The summed E-state index contributed by atoms with van der Waals surface area (Å²) in [5, 5.41) is 22.3. The lowest BCUT2D eigenvalue weighted by Crippen LogP contribution is -1.90. The molecule has 0 N–H and O–H groups in total. The fourth-order valence-electron chi connectivity index (χ4n) is 2.52. The van der Waals surface area contributed by atoms with Crippen molar-refractivity contribution in [1.29, 1.82) is 0 Å². The minimum Gasteiger partial charge on any atom is -0.258 e. The van der Waals surface area contributed by atoms with E-state index < -0.39 is 9.85 Å². The van der Waals surface area contributed by atoms with Crippen molar-refractivity contribution < 1.29 is 9.85 Å². The zero-order chi connectivity index (χ0) is 18.0. The van der Waals surface area contributed by atoms with Crippen molar-refractivity contribution in [2.45, 2.75) is 0 Å². The van der Waals surface area contributed by atoms with Crippen molar-refractivity contribution in [2.75, 3.05) is 0 Å². The number of nitrogens with zero attached hydrogens (tertiary/aromatic N) is 2. The minimum atomic E-state index is -0.463. The summed E-state index contributed by atoms with van der Waals surface area (Å²) in [6.07, 6.45) is 0. The van der Waals surface area contributed by atoms with Gasteiger partial charge in [0.15, 0.2) is 0 Å². The van der Waals surface area contributed by atoms with Crippen molar-refractivity contribution >= 4 is 23.0 Å². The molecule has 6 nitrogen and oxygen atoms in total. The third kappa shape index (κ3) is 3.64. The Morgan fingerprint density at radius 2 is 1.08 bits per heavy atom. The second-order valence-electron chi connectivity index (χ2n) is 5.34. The Hall–Kier alpha value is -3.25. The van der Waals surface area contributed by atoms with Gasteiger partial charge in [-0.3, -0.25) is 20.2 Å². The van der Waals surface area contributed by atoms with Crippen LogP contribution >= 0.6 is 11.6 Å². The molecule has 7 heteroatoms. The standard InChI is InChI=1S/C18H11ClN2O4/c19-16-8-14(12-3-1-5-17(10-12)20(22)23)7-15(9-16)13-4-2-6-18(11-13)21(24)25/h1-11H. The molecule has 0 atom stereocenters. The molecule has 0 fully saturated rings. The van der Waals surface area contributed by atoms with Gasteiger partial charge in [0.1, 0.15) is 0 Å². The molecular formula is C18H11ClN2O4. The highest BCUT2D eigenvalue weighted by atomic mass is 35.5. The van der Waals surface area contributed by atoms with Gasteiger partial charge < -0.3 is 0 Å². The third-order valence-corrected chi connectivity index (χ3v) is 3.90. The first-order valence-corrected chi connectivity index (χ1v) is 7.62. The average Bonchev–Trinajstić information content (AvgIpc) is 2.61. The van der Waals surface area contributed by atoms with Crippen LogP contribution in [0, 0.1) is 20.2 Å². The fourth-order valence-corrected chi connectivity index (χ4v) is 2.76. The van der Waals surface area contributed by atoms with Crippen LogP contribution in [0.15, 0.2) is 66.7 Å². The summed E-state index contributed by atoms with van der Waals surface area (Å²) < 4.78 is 0. The van der Waals surface area contributed by atoms with Crippen LogP contribution < -0.4 is 0 Å². The lowest BCUT2D eigenvalue weighted by Gasteiger charge is -2.08. The molecule has 0 aliphatic rings. The monoisotopic (exact) mass is 354 g/mol.